The SMILES string of the molecule is CC(C)(C)c1ccc(N2B3c4ccc5c(oc6ccccc65)c4N(c4ccc(C(C)(C)C)cc4-c4ccccc4)c4cc(C(C)(C)C)cc(c43)-c3ccc(C(C)(C)C)cc32)cc1. The second-order valence-corrected chi connectivity index (χ2v) is 21.9. The van der Waals surface area contributed by atoms with Gasteiger partial charge in [0.1, 0.15) is 5.58 Å². The van der Waals surface area contributed by atoms with Crippen LogP contribution in [0.15, 0.2) is 144 Å². The number of nitrogens with zero attached hydrogens (tertiary/aromatic N) is 2. The molecule has 0 atom stereocenters. The first-order valence-electron chi connectivity index (χ1n) is 22.5. The first kappa shape index (κ1) is 40.1. The maximum absolute atomic E-state index is 7.15. The Hall–Kier alpha value is -6.00. The Morgan fingerprint density at radius 1 is 0.435 bits per heavy atom. The molecular formula is C58H59BN2O. The quantitative estimate of drug-likeness (QED) is 0.166. The number of benzene rings is 7. The number of hydrogen-bond acceptors (Lipinski definition) is 3. The largest absolute Gasteiger partial charge is 0.454 e. The summed E-state index contributed by atoms with van der Waals surface area (Å²) in [7, 11) is 0. The van der Waals surface area contributed by atoms with Crippen molar-refractivity contribution in [3.05, 3.63) is 162 Å². The molecule has 0 saturated heterocycles. The van der Waals surface area contributed by atoms with Gasteiger partial charge in [-0.3, -0.25) is 0 Å². The van der Waals surface area contributed by atoms with Crippen LogP contribution in [0.5, 0.6) is 0 Å². The predicted molar refractivity (Wildman–Crippen MR) is 268 cm³/mol. The van der Waals surface area contributed by atoms with Gasteiger partial charge in [-0.25, -0.2) is 0 Å². The molecule has 62 heavy (non-hydrogen) atoms. The molecule has 1 aromatic heterocycles. The number of hydrogen-bond donors (Lipinski definition) is 0. The Morgan fingerprint density at radius 3 is 1.69 bits per heavy atom. The van der Waals surface area contributed by atoms with Crippen LogP contribution >= 0.6 is 0 Å². The lowest BCUT2D eigenvalue weighted by atomic mass is 9.43. The van der Waals surface area contributed by atoms with Crippen LogP contribution in [0.1, 0.15) is 105 Å². The first-order chi connectivity index (χ1) is 29.3. The third kappa shape index (κ3) is 6.40. The Labute approximate surface area is 369 Å². The molecule has 0 amide bonds. The Kier molecular flexibility index (Phi) is 8.89. The van der Waals surface area contributed by atoms with E-state index in [1.807, 2.05) is 0 Å². The van der Waals surface area contributed by atoms with E-state index in [1.54, 1.807) is 0 Å². The second-order valence-electron chi connectivity index (χ2n) is 21.9. The summed E-state index contributed by atoms with van der Waals surface area (Å²) in [4.78, 5) is 5.22. The zero-order valence-corrected chi connectivity index (χ0v) is 38.7. The maximum Gasteiger partial charge on any atom is 0.333 e. The molecule has 0 bridgehead atoms. The minimum absolute atomic E-state index is 0.0324. The molecule has 0 saturated carbocycles. The molecule has 0 N–H and O–H groups in total. The molecule has 0 fully saturated rings. The lowest BCUT2D eigenvalue weighted by Crippen LogP contribution is -2.61. The second kappa shape index (κ2) is 13.8. The summed E-state index contributed by atoms with van der Waals surface area (Å²) in [6.45, 7) is 27.7. The van der Waals surface area contributed by atoms with Gasteiger partial charge in [-0.05, 0) is 108 Å². The average molecular weight is 811 g/mol. The van der Waals surface area contributed by atoms with E-state index in [2.05, 4.69) is 232 Å². The Balaban J connectivity index is 1.39. The van der Waals surface area contributed by atoms with Crippen LogP contribution in [0, 0.1) is 0 Å². The third-order valence-corrected chi connectivity index (χ3v) is 13.5. The third-order valence-electron chi connectivity index (χ3n) is 13.5. The molecule has 10 rings (SSSR count). The molecule has 2 aliphatic heterocycles. The van der Waals surface area contributed by atoms with Crippen LogP contribution in [-0.4, -0.2) is 6.85 Å². The fourth-order valence-electron chi connectivity index (χ4n) is 9.82. The van der Waals surface area contributed by atoms with E-state index in [0.717, 1.165) is 33.3 Å². The van der Waals surface area contributed by atoms with Crippen LogP contribution in [0.4, 0.5) is 28.4 Å². The average Bonchev–Trinajstić information content (AvgIpc) is 3.61. The summed E-state index contributed by atoms with van der Waals surface area (Å²) >= 11 is 0. The number of rotatable bonds is 3. The van der Waals surface area contributed by atoms with Gasteiger partial charge in [0.2, 0.25) is 0 Å². The Bertz CT molecular complexity index is 3050. The summed E-state index contributed by atoms with van der Waals surface area (Å²) < 4.78 is 7.15. The van der Waals surface area contributed by atoms with Crippen LogP contribution in [-0.2, 0) is 21.7 Å². The van der Waals surface area contributed by atoms with E-state index < -0.39 is 0 Å². The van der Waals surface area contributed by atoms with Crippen LogP contribution in [0.25, 0.3) is 44.2 Å². The lowest BCUT2D eigenvalue weighted by molar-refractivity contribution is 0.589. The van der Waals surface area contributed by atoms with Crippen LogP contribution in [0.3, 0.4) is 0 Å². The lowest BCUT2D eigenvalue weighted by Gasteiger charge is -2.47. The number of anilines is 5. The maximum atomic E-state index is 7.15. The van der Waals surface area contributed by atoms with Crippen molar-refractivity contribution in [2.75, 3.05) is 9.71 Å². The van der Waals surface area contributed by atoms with E-state index in [9.17, 15) is 0 Å². The van der Waals surface area contributed by atoms with Gasteiger partial charge >= 0.3 is 6.85 Å². The Morgan fingerprint density at radius 2 is 1.02 bits per heavy atom. The normalized spacial score (nSPS) is 14.0. The van der Waals surface area contributed by atoms with E-state index in [0.29, 0.717) is 0 Å². The first-order valence-corrected chi connectivity index (χ1v) is 22.5. The number of fused-ring (bicyclic) bond motifs is 8. The molecule has 310 valence electrons. The monoisotopic (exact) mass is 810 g/mol. The minimum atomic E-state index is -0.143. The van der Waals surface area contributed by atoms with Crippen molar-refractivity contribution in [3.8, 4) is 22.3 Å². The van der Waals surface area contributed by atoms with Crippen LogP contribution in [0.2, 0.25) is 0 Å². The van der Waals surface area contributed by atoms with E-state index >= 15 is 0 Å². The fraction of sp³-hybridized carbons (Fsp3) is 0.276. The summed E-state index contributed by atoms with van der Waals surface area (Å²) in [5, 5.41) is 2.25. The van der Waals surface area contributed by atoms with E-state index in [1.165, 1.54) is 72.5 Å². The zero-order chi connectivity index (χ0) is 43.7. The predicted octanol–water partition coefficient (Wildman–Crippen LogP) is 15.2. The molecule has 0 unspecified atom stereocenters. The van der Waals surface area contributed by atoms with Crippen molar-refractivity contribution in [2.45, 2.75) is 105 Å². The van der Waals surface area contributed by atoms with Gasteiger partial charge in [0.25, 0.3) is 0 Å². The molecule has 0 spiro atoms. The highest BCUT2D eigenvalue weighted by Gasteiger charge is 2.47. The highest BCUT2D eigenvalue weighted by atomic mass is 16.3. The summed E-state index contributed by atoms with van der Waals surface area (Å²) in [5.41, 5.74) is 20.2. The van der Waals surface area contributed by atoms with Crippen molar-refractivity contribution in [1.29, 1.82) is 0 Å². The van der Waals surface area contributed by atoms with Crippen molar-refractivity contribution < 1.29 is 4.42 Å². The van der Waals surface area contributed by atoms with Crippen molar-refractivity contribution in [1.82, 2.24) is 0 Å². The molecule has 3 heterocycles. The smallest absolute Gasteiger partial charge is 0.333 e. The number of furan rings is 1. The molecular weight excluding hydrogens is 751 g/mol. The van der Waals surface area contributed by atoms with Gasteiger partial charge in [-0.1, -0.05) is 180 Å². The molecule has 7 aromatic carbocycles. The van der Waals surface area contributed by atoms with Gasteiger partial charge in [0, 0.05) is 39.0 Å². The minimum Gasteiger partial charge on any atom is -0.454 e. The summed E-state index contributed by atoms with van der Waals surface area (Å²) in [5.74, 6) is 0. The molecule has 8 aromatic rings. The number of para-hydroxylation sites is 1. The highest BCUT2D eigenvalue weighted by molar-refractivity contribution is 6.94. The topological polar surface area (TPSA) is 19.6 Å². The van der Waals surface area contributed by atoms with Crippen molar-refractivity contribution in [2.24, 2.45) is 0 Å². The van der Waals surface area contributed by atoms with Crippen molar-refractivity contribution in [3.63, 3.8) is 0 Å². The van der Waals surface area contributed by atoms with Gasteiger partial charge in [0.15, 0.2) is 5.58 Å². The van der Waals surface area contributed by atoms with E-state index in [-0.39, 0.29) is 28.5 Å². The fourth-order valence-corrected chi connectivity index (χ4v) is 9.82. The van der Waals surface area contributed by atoms with Gasteiger partial charge in [-0.15, -0.1) is 0 Å². The van der Waals surface area contributed by atoms with Crippen LogP contribution < -0.4 is 20.6 Å². The van der Waals surface area contributed by atoms with Gasteiger partial charge in [-0.2, -0.15) is 0 Å². The summed E-state index contributed by atoms with van der Waals surface area (Å²) in [6.07, 6.45) is 0. The molecule has 0 radical (unpaired) electrons. The van der Waals surface area contributed by atoms with E-state index in [4.69, 9.17) is 4.42 Å². The summed E-state index contributed by atoms with van der Waals surface area (Å²) in [6, 6.07) is 53.0. The highest BCUT2D eigenvalue weighted by Crippen LogP contribution is 2.52. The standard InChI is InChI=1S/C58H59BN2O/c1-55(2,3)37-22-26-41(27-23-37)61-49-34-39(57(7,8)9)24-28-42(49)46-33-40(58(10,11)12)35-50-52(46)59(61)47-30-29-44-43-20-16-17-21-51(43)62-54(44)53(47)60(50)48-31-25-38(56(4,5)6)32-45(48)36-18-14-13-15-19-36/h13-35H,1-12H3. The van der Waals surface area contributed by atoms with Gasteiger partial charge < -0.3 is 14.1 Å². The molecule has 4 heteroatoms. The van der Waals surface area contributed by atoms with Crippen molar-refractivity contribution >= 4 is 68.1 Å². The molecule has 3 nitrogen and oxygen atoms in total. The zero-order valence-electron chi connectivity index (χ0n) is 38.7. The molecule has 0 aliphatic carbocycles. The van der Waals surface area contributed by atoms with Gasteiger partial charge in [0.05, 0.1) is 11.4 Å². The molecule has 2 aliphatic rings.